The summed E-state index contributed by atoms with van der Waals surface area (Å²) in [5.41, 5.74) is 5.95. The summed E-state index contributed by atoms with van der Waals surface area (Å²) in [6, 6.07) is 6.23. The molecule has 0 saturated carbocycles. The molecule has 0 spiro atoms. The van der Waals surface area contributed by atoms with Crippen LogP contribution in [-0.4, -0.2) is 32.9 Å². The van der Waals surface area contributed by atoms with Crippen LogP contribution in [0, 0.1) is 0 Å². The first kappa shape index (κ1) is 19.7. The van der Waals surface area contributed by atoms with Gasteiger partial charge in [-0.3, -0.25) is 9.59 Å². The van der Waals surface area contributed by atoms with Crippen LogP contribution < -0.4 is 11.1 Å². The highest BCUT2D eigenvalue weighted by Crippen LogP contribution is 2.41. The summed E-state index contributed by atoms with van der Waals surface area (Å²) in [6.07, 6.45) is 0. The van der Waals surface area contributed by atoms with Crippen molar-refractivity contribution in [2.24, 2.45) is 16.0 Å². The van der Waals surface area contributed by atoms with Gasteiger partial charge in [-0.05, 0) is 17.9 Å². The van der Waals surface area contributed by atoms with Crippen LogP contribution in [0.1, 0.15) is 24.2 Å². The Balaban J connectivity index is 2.17. The average molecular weight is 416 g/mol. The van der Waals surface area contributed by atoms with Gasteiger partial charge in [0.25, 0.3) is 11.0 Å². The Morgan fingerprint density at radius 3 is 2.79 bits per heavy atom. The largest absolute Gasteiger partial charge is 0.506 e. The zero-order valence-corrected chi connectivity index (χ0v) is 16.6. The predicted octanol–water partition coefficient (Wildman–Crippen LogP) is 3.98. The van der Waals surface area contributed by atoms with Crippen LogP contribution in [0.25, 0.3) is 10.8 Å². The summed E-state index contributed by atoms with van der Waals surface area (Å²) in [7, 11) is 0. The number of nitrogens with one attached hydrogen (secondary N) is 1. The smallest absolute Gasteiger partial charge is 0.252 e. The molecule has 28 heavy (non-hydrogen) atoms. The second-order valence-electron chi connectivity index (χ2n) is 5.55. The van der Waals surface area contributed by atoms with E-state index in [1.54, 1.807) is 18.2 Å². The summed E-state index contributed by atoms with van der Waals surface area (Å²) < 4.78 is 0.767. The van der Waals surface area contributed by atoms with Crippen LogP contribution in [0.15, 0.2) is 38.8 Å². The molecule has 0 aliphatic heterocycles. The minimum Gasteiger partial charge on any atom is -0.506 e. The van der Waals surface area contributed by atoms with Crippen LogP contribution in [-0.2, 0) is 4.79 Å². The highest BCUT2D eigenvalue weighted by Gasteiger charge is 2.18. The highest BCUT2D eigenvalue weighted by molar-refractivity contribution is 8.01. The van der Waals surface area contributed by atoms with Crippen LogP contribution in [0.2, 0.25) is 0 Å². The number of nitrogens with zero attached hydrogens (tertiary/aromatic N) is 4. The number of anilines is 1. The quantitative estimate of drug-likeness (QED) is 0.410. The molecule has 0 aliphatic carbocycles. The fraction of sp³-hybridized carbons (Fsp3) is 0.176. The number of nitrogens with two attached hydrogens (primary N) is 1. The SMILES string of the molecule is CCSc1nnc(N=Nc2cc(C(N)=O)c(O)c3cccc(NC(C)=O)c23)s1. The molecule has 0 unspecified atom stereocenters. The van der Waals surface area contributed by atoms with Crippen LogP contribution in [0.5, 0.6) is 5.75 Å². The first-order chi connectivity index (χ1) is 13.4. The topological polar surface area (TPSA) is 143 Å². The first-order valence-electron chi connectivity index (χ1n) is 8.14. The molecule has 0 aliphatic rings. The van der Waals surface area contributed by atoms with Crippen molar-refractivity contribution in [2.75, 3.05) is 11.1 Å². The Bertz CT molecular complexity index is 1100. The second-order valence-corrected chi connectivity index (χ2v) is 8.02. The Morgan fingerprint density at radius 2 is 2.11 bits per heavy atom. The summed E-state index contributed by atoms with van der Waals surface area (Å²) in [5, 5.41) is 30.4. The van der Waals surface area contributed by atoms with Crippen LogP contribution in [0.3, 0.4) is 0 Å². The van der Waals surface area contributed by atoms with E-state index in [4.69, 9.17) is 5.73 Å². The predicted molar refractivity (Wildman–Crippen MR) is 109 cm³/mol. The summed E-state index contributed by atoms with van der Waals surface area (Å²) in [5.74, 6) is -0.528. The fourth-order valence-electron chi connectivity index (χ4n) is 2.53. The van der Waals surface area contributed by atoms with Crippen LogP contribution in [0.4, 0.5) is 16.5 Å². The van der Waals surface area contributed by atoms with E-state index in [2.05, 4.69) is 25.7 Å². The number of aromatic nitrogens is 2. The molecule has 3 rings (SSSR count). The lowest BCUT2D eigenvalue weighted by molar-refractivity contribution is -0.114. The molecule has 0 atom stereocenters. The molecule has 3 aromatic rings. The second kappa shape index (κ2) is 8.31. The molecule has 0 radical (unpaired) electrons. The number of azo groups is 1. The molecule has 11 heteroatoms. The van der Waals surface area contributed by atoms with Crippen molar-refractivity contribution in [2.45, 2.75) is 18.2 Å². The molecule has 9 nitrogen and oxygen atoms in total. The van der Waals surface area contributed by atoms with Gasteiger partial charge in [-0.1, -0.05) is 42.2 Å². The van der Waals surface area contributed by atoms with Crippen molar-refractivity contribution in [3.8, 4) is 5.75 Å². The van der Waals surface area contributed by atoms with Gasteiger partial charge < -0.3 is 16.2 Å². The Hall–Kier alpha value is -3.05. The molecule has 0 bridgehead atoms. The molecule has 0 fully saturated rings. The number of phenols is 1. The number of amides is 2. The first-order valence-corrected chi connectivity index (χ1v) is 9.95. The maximum Gasteiger partial charge on any atom is 0.252 e. The molecule has 2 aromatic carbocycles. The standard InChI is InChI=1S/C17H16N6O3S2/c1-3-27-17-23-22-16(28-17)21-20-12-7-10(15(18)26)14(25)9-5-4-6-11(13(9)12)19-8(2)24/h4-7,25H,3H2,1-2H3,(H2,18,26)(H,19,24). The van der Waals surface area contributed by atoms with Crippen molar-refractivity contribution >= 4 is 62.2 Å². The third-order valence-corrected chi connectivity index (χ3v) is 5.42. The minimum atomic E-state index is -0.807. The zero-order chi connectivity index (χ0) is 20.3. The van der Waals surface area contributed by atoms with Gasteiger partial charge in [-0.15, -0.1) is 20.4 Å². The molecule has 144 valence electrons. The lowest BCUT2D eigenvalue weighted by Crippen LogP contribution is -2.11. The number of hydrogen-bond donors (Lipinski definition) is 3. The van der Waals surface area contributed by atoms with E-state index in [0.717, 1.165) is 10.1 Å². The number of carbonyl (C=O) groups is 2. The number of primary amides is 1. The number of carbonyl (C=O) groups excluding carboxylic acids is 2. The highest BCUT2D eigenvalue weighted by atomic mass is 32.2. The molecule has 4 N–H and O–H groups in total. The van der Waals surface area contributed by atoms with E-state index in [1.165, 1.54) is 36.1 Å². The fourth-order valence-corrected chi connectivity index (χ4v) is 4.09. The Morgan fingerprint density at radius 1 is 1.32 bits per heavy atom. The number of fused-ring (bicyclic) bond motifs is 1. The molecular weight excluding hydrogens is 400 g/mol. The minimum absolute atomic E-state index is 0.0964. The van der Waals surface area contributed by atoms with Crippen molar-refractivity contribution in [3.63, 3.8) is 0 Å². The van der Waals surface area contributed by atoms with Gasteiger partial charge in [0.2, 0.25) is 5.91 Å². The molecule has 1 heterocycles. The average Bonchev–Trinajstić information content (AvgIpc) is 3.08. The van der Waals surface area contributed by atoms with Crippen LogP contribution >= 0.6 is 23.1 Å². The number of rotatable bonds is 6. The van der Waals surface area contributed by atoms with E-state index < -0.39 is 5.91 Å². The third kappa shape index (κ3) is 4.10. The third-order valence-electron chi connectivity index (χ3n) is 3.59. The summed E-state index contributed by atoms with van der Waals surface area (Å²) >= 11 is 2.82. The lowest BCUT2D eigenvalue weighted by atomic mass is 10.0. The number of thioether (sulfide) groups is 1. The molecule has 1 aromatic heterocycles. The summed E-state index contributed by atoms with van der Waals surface area (Å²) in [6.45, 7) is 3.37. The van der Waals surface area contributed by atoms with Crippen molar-refractivity contribution in [1.29, 1.82) is 0 Å². The van der Waals surface area contributed by atoms with Gasteiger partial charge in [0, 0.05) is 17.7 Å². The van der Waals surface area contributed by atoms with E-state index in [9.17, 15) is 14.7 Å². The van der Waals surface area contributed by atoms with Gasteiger partial charge in [0.1, 0.15) is 5.75 Å². The summed E-state index contributed by atoms with van der Waals surface area (Å²) in [4.78, 5) is 23.3. The van der Waals surface area contributed by atoms with Crippen molar-refractivity contribution in [3.05, 3.63) is 29.8 Å². The zero-order valence-electron chi connectivity index (χ0n) is 15.0. The number of benzene rings is 2. The monoisotopic (exact) mass is 416 g/mol. The van der Waals surface area contributed by atoms with Gasteiger partial charge >= 0.3 is 0 Å². The van der Waals surface area contributed by atoms with E-state index >= 15 is 0 Å². The van der Waals surface area contributed by atoms with E-state index in [1.807, 2.05) is 6.92 Å². The van der Waals surface area contributed by atoms with Crippen molar-refractivity contribution < 1.29 is 14.7 Å². The number of aromatic hydroxyl groups is 1. The molecule has 2 amide bonds. The number of hydrogen-bond acceptors (Lipinski definition) is 9. The molecule has 0 saturated heterocycles. The van der Waals surface area contributed by atoms with Gasteiger partial charge in [-0.2, -0.15) is 0 Å². The van der Waals surface area contributed by atoms with E-state index in [0.29, 0.717) is 21.6 Å². The van der Waals surface area contributed by atoms with Gasteiger partial charge in [-0.25, -0.2) is 0 Å². The Kier molecular flexibility index (Phi) is 5.85. The van der Waals surface area contributed by atoms with Crippen molar-refractivity contribution in [1.82, 2.24) is 10.2 Å². The maximum absolute atomic E-state index is 11.7. The normalized spacial score (nSPS) is 11.2. The van der Waals surface area contributed by atoms with Gasteiger partial charge in [0.15, 0.2) is 4.34 Å². The maximum atomic E-state index is 11.7. The van der Waals surface area contributed by atoms with E-state index in [-0.39, 0.29) is 22.9 Å². The Labute approximate surface area is 168 Å². The lowest BCUT2D eigenvalue weighted by Gasteiger charge is -2.12. The van der Waals surface area contributed by atoms with Gasteiger partial charge in [0.05, 0.1) is 16.9 Å². The molecular formula is C17H16N6O3S2.